The van der Waals surface area contributed by atoms with Crippen molar-refractivity contribution in [3.05, 3.63) is 0 Å². The van der Waals surface area contributed by atoms with Crippen molar-refractivity contribution in [3.63, 3.8) is 0 Å². The van der Waals surface area contributed by atoms with Gasteiger partial charge in [-0.3, -0.25) is 9.59 Å². The van der Waals surface area contributed by atoms with Crippen molar-refractivity contribution in [1.29, 1.82) is 0 Å². The zero-order valence-electron chi connectivity index (χ0n) is 17.4. The van der Waals surface area contributed by atoms with Crippen LogP contribution in [0, 0.1) is 0 Å². The van der Waals surface area contributed by atoms with Crippen molar-refractivity contribution in [1.82, 2.24) is 0 Å². The molecular weight excluding hydrogens is 364 g/mol. The van der Waals surface area contributed by atoms with Gasteiger partial charge in [0.1, 0.15) is 18.8 Å². The summed E-state index contributed by atoms with van der Waals surface area (Å²) in [5.41, 5.74) is 0. The molecule has 0 rings (SSSR count). The summed E-state index contributed by atoms with van der Waals surface area (Å²) in [6.07, 6.45) is 5.72. The summed E-state index contributed by atoms with van der Waals surface area (Å²) in [5, 5.41) is 19.5. The van der Waals surface area contributed by atoms with Crippen LogP contribution >= 0.6 is 0 Å². The maximum atomic E-state index is 12.0. The minimum atomic E-state index is -1.71. The Balaban J connectivity index is 4.38. The molecule has 0 bridgehead atoms. The molecule has 3 atom stereocenters. The topological polar surface area (TPSA) is 110 Å². The Morgan fingerprint density at radius 2 is 1.32 bits per heavy atom. The van der Waals surface area contributed by atoms with Crippen molar-refractivity contribution in [2.75, 3.05) is 6.61 Å². The number of rotatable bonds is 18. The van der Waals surface area contributed by atoms with E-state index in [1.807, 2.05) is 0 Å². The molecule has 2 N–H and O–H groups in total. The fraction of sp³-hybridized carbons (Fsp3) is 0.857. The maximum absolute atomic E-state index is 12.0. The van der Waals surface area contributed by atoms with Gasteiger partial charge in [0.05, 0.1) is 0 Å². The smallest absolute Gasteiger partial charge is 0.306 e. The van der Waals surface area contributed by atoms with Crippen LogP contribution in [0.1, 0.15) is 90.9 Å². The third kappa shape index (κ3) is 13.7. The predicted octanol–water partition coefficient (Wildman–Crippen LogP) is 3.08. The zero-order valence-corrected chi connectivity index (χ0v) is 17.4. The SMILES string of the molecule is CCCCCCCC(=O)OC[C@@H](OC(=O)CCCCCCC)[C@H](O)[C@@H](O)C=O. The number of carbonyl (C=O) groups excluding carboxylic acids is 3. The van der Waals surface area contributed by atoms with Crippen LogP contribution in [0.15, 0.2) is 0 Å². The fourth-order valence-electron chi connectivity index (χ4n) is 2.72. The highest BCUT2D eigenvalue weighted by atomic mass is 16.6. The van der Waals surface area contributed by atoms with Crippen LogP contribution in [0.4, 0.5) is 0 Å². The van der Waals surface area contributed by atoms with Gasteiger partial charge in [-0.15, -0.1) is 0 Å². The first kappa shape index (κ1) is 26.5. The number of ether oxygens (including phenoxy) is 2. The molecule has 0 fully saturated rings. The lowest BCUT2D eigenvalue weighted by Gasteiger charge is -2.24. The summed E-state index contributed by atoms with van der Waals surface area (Å²) in [6, 6.07) is 0. The van der Waals surface area contributed by atoms with E-state index in [2.05, 4.69) is 13.8 Å². The maximum Gasteiger partial charge on any atom is 0.306 e. The van der Waals surface area contributed by atoms with Gasteiger partial charge in [-0.1, -0.05) is 65.2 Å². The predicted molar refractivity (Wildman–Crippen MR) is 106 cm³/mol. The van der Waals surface area contributed by atoms with Crippen molar-refractivity contribution in [2.24, 2.45) is 0 Å². The summed E-state index contributed by atoms with van der Waals surface area (Å²) in [4.78, 5) is 34.5. The Hall–Kier alpha value is -1.47. The Bertz CT molecular complexity index is 425. The monoisotopic (exact) mass is 402 g/mol. The van der Waals surface area contributed by atoms with Gasteiger partial charge < -0.3 is 24.5 Å². The lowest BCUT2D eigenvalue weighted by molar-refractivity contribution is -0.172. The van der Waals surface area contributed by atoms with E-state index < -0.39 is 30.3 Å². The zero-order chi connectivity index (χ0) is 21.2. The number of carbonyl (C=O) groups is 3. The second-order valence-corrected chi connectivity index (χ2v) is 7.16. The molecular formula is C21H38O7. The van der Waals surface area contributed by atoms with Gasteiger partial charge in [-0.2, -0.15) is 0 Å². The van der Waals surface area contributed by atoms with E-state index >= 15 is 0 Å². The summed E-state index contributed by atoms with van der Waals surface area (Å²) >= 11 is 0. The molecule has 0 amide bonds. The largest absolute Gasteiger partial charge is 0.462 e. The molecule has 7 nitrogen and oxygen atoms in total. The molecule has 0 aromatic carbocycles. The van der Waals surface area contributed by atoms with Crippen LogP contribution in [0.3, 0.4) is 0 Å². The van der Waals surface area contributed by atoms with Gasteiger partial charge in [0.25, 0.3) is 0 Å². The molecule has 0 radical (unpaired) electrons. The van der Waals surface area contributed by atoms with Crippen molar-refractivity contribution in [2.45, 2.75) is 109 Å². The summed E-state index contributed by atoms with van der Waals surface area (Å²) in [7, 11) is 0. The van der Waals surface area contributed by atoms with Crippen LogP contribution in [0.25, 0.3) is 0 Å². The first-order valence-corrected chi connectivity index (χ1v) is 10.6. The average Bonchev–Trinajstić information content (AvgIpc) is 2.69. The highest BCUT2D eigenvalue weighted by Crippen LogP contribution is 2.11. The lowest BCUT2D eigenvalue weighted by Crippen LogP contribution is -2.44. The quantitative estimate of drug-likeness (QED) is 0.206. The Labute approximate surface area is 168 Å². The minimum absolute atomic E-state index is 0.159. The highest BCUT2D eigenvalue weighted by Gasteiger charge is 2.30. The van der Waals surface area contributed by atoms with E-state index in [0.717, 1.165) is 51.4 Å². The van der Waals surface area contributed by atoms with Crippen LogP contribution < -0.4 is 0 Å². The second-order valence-electron chi connectivity index (χ2n) is 7.16. The van der Waals surface area contributed by atoms with Crippen molar-refractivity contribution in [3.8, 4) is 0 Å². The molecule has 0 aliphatic carbocycles. The molecule has 0 saturated heterocycles. The van der Waals surface area contributed by atoms with Crippen LogP contribution in [-0.4, -0.2) is 53.4 Å². The lowest BCUT2D eigenvalue weighted by atomic mass is 10.1. The van der Waals surface area contributed by atoms with E-state index in [-0.39, 0.29) is 25.7 Å². The average molecular weight is 403 g/mol. The van der Waals surface area contributed by atoms with E-state index in [9.17, 15) is 24.6 Å². The Kier molecular flexibility index (Phi) is 16.7. The fourth-order valence-corrected chi connectivity index (χ4v) is 2.72. The number of aliphatic hydroxyl groups excluding tert-OH is 2. The molecule has 28 heavy (non-hydrogen) atoms. The first-order valence-electron chi connectivity index (χ1n) is 10.6. The molecule has 0 unspecified atom stereocenters. The molecule has 0 aliphatic heterocycles. The first-order chi connectivity index (χ1) is 13.5. The molecule has 0 saturated carbocycles. The number of esters is 2. The number of aliphatic hydroxyl groups is 2. The van der Waals surface area contributed by atoms with Crippen LogP contribution in [0.5, 0.6) is 0 Å². The van der Waals surface area contributed by atoms with Gasteiger partial charge in [0.2, 0.25) is 0 Å². The molecule has 0 heterocycles. The summed E-state index contributed by atoms with van der Waals surface area (Å²) < 4.78 is 10.2. The van der Waals surface area contributed by atoms with Crippen molar-refractivity contribution < 1.29 is 34.1 Å². The van der Waals surface area contributed by atoms with Gasteiger partial charge >= 0.3 is 11.9 Å². The third-order valence-corrected chi connectivity index (χ3v) is 4.53. The van der Waals surface area contributed by atoms with Crippen LogP contribution in [-0.2, 0) is 23.9 Å². The van der Waals surface area contributed by atoms with E-state index in [0.29, 0.717) is 12.8 Å². The van der Waals surface area contributed by atoms with Gasteiger partial charge in [0.15, 0.2) is 12.4 Å². The number of unbranched alkanes of at least 4 members (excludes halogenated alkanes) is 8. The Morgan fingerprint density at radius 1 is 0.821 bits per heavy atom. The highest BCUT2D eigenvalue weighted by molar-refractivity contribution is 5.70. The molecule has 0 aliphatic rings. The molecule has 0 aromatic rings. The number of aldehydes is 1. The molecule has 0 spiro atoms. The summed E-state index contributed by atoms with van der Waals surface area (Å²) in [6.45, 7) is 3.83. The molecule has 164 valence electrons. The normalized spacial score (nSPS) is 14.1. The molecule has 0 aromatic heterocycles. The van der Waals surface area contributed by atoms with E-state index in [1.54, 1.807) is 0 Å². The van der Waals surface area contributed by atoms with Gasteiger partial charge in [-0.25, -0.2) is 0 Å². The van der Waals surface area contributed by atoms with Crippen molar-refractivity contribution >= 4 is 18.2 Å². The summed E-state index contributed by atoms with van der Waals surface area (Å²) in [5.74, 6) is -1.00. The third-order valence-electron chi connectivity index (χ3n) is 4.53. The van der Waals surface area contributed by atoms with Gasteiger partial charge in [0, 0.05) is 12.8 Å². The Morgan fingerprint density at radius 3 is 1.82 bits per heavy atom. The number of hydrogen-bond donors (Lipinski definition) is 2. The standard InChI is InChI=1S/C21H38O7/c1-3-5-7-9-11-13-19(24)27-16-18(21(26)17(23)15-22)28-20(25)14-12-10-8-6-4-2/h15,17-18,21,23,26H,3-14,16H2,1-2H3/t17-,18+,21+/m0/s1. The van der Waals surface area contributed by atoms with Crippen LogP contribution in [0.2, 0.25) is 0 Å². The second kappa shape index (κ2) is 17.6. The van der Waals surface area contributed by atoms with E-state index in [4.69, 9.17) is 9.47 Å². The molecule has 7 heteroatoms. The number of hydrogen-bond acceptors (Lipinski definition) is 7. The minimum Gasteiger partial charge on any atom is -0.462 e. The van der Waals surface area contributed by atoms with E-state index in [1.165, 1.54) is 0 Å². The van der Waals surface area contributed by atoms with Gasteiger partial charge in [-0.05, 0) is 12.8 Å².